The summed E-state index contributed by atoms with van der Waals surface area (Å²) in [6.45, 7) is 14.7. The molecule has 0 amide bonds. The molecule has 0 saturated carbocycles. The summed E-state index contributed by atoms with van der Waals surface area (Å²) in [4.78, 5) is 10.7. The van der Waals surface area contributed by atoms with E-state index in [2.05, 4.69) is 71.1 Å². The zero-order valence-electron chi connectivity index (χ0n) is 20.9. The van der Waals surface area contributed by atoms with E-state index in [1.54, 1.807) is 19.1 Å². The molecule has 0 aliphatic heterocycles. The Labute approximate surface area is 195 Å². The molecule has 0 fully saturated rings. The van der Waals surface area contributed by atoms with Crippen molar-refractivity contribution in [2.24, 2.45) is 5.41 Å². The summed E-state index contributed by atoms with van der Waals surface area (Å²) in [5, 5.41) is 8.82. The van der Waals surface area contributed by atoms with Crippen molar-refractivity contribution < 1.29 is 9.90 Å². The predicted molar refractivity (Wildman–Crippen MR) is 140 cm³/mol. The zero-order chi connectivity index (χ0) is 24.1. The lowest BCUT2D eigenvalue weighted by Gasteiger charge is -2.32. The first kappa shape index (κ1) is 27.2. The van der Waals surface area contributed by atoms with Crippen molar-refractivity contribution in [3.05, 3.63) is 106 Å². The first-order valence-corrected chi connectivity index (χ1v) is 11.4. The summed E-state index contributed by atoms with van der Waals surface area (Å²) in [7, 11) is 0. The van der Waals surface area contributed by atoms with E-state index in [-0.39, 0.29) is 5.41 Å². The van der Waals surface area contributed by atoms with E-state index < -0.39 is 5.97 Å². The van der Waals surface area contributed by atoms with Crippen molar-refractivity contribution in [3.8, 4) is 0 Å². The maximum Gasteiger partial charge on any atom is 0.331 e. The summed E-state index contributed by atoms with van der Waals surface area (Å²) in [6.07, 6.45) is 27.9. The SMILES string of the molecule is CC1=C(/C=C/C(C)=C/C=C/C(C)=C/C=C/C=C(C)\C=C\C=C(/C)C(=O)O)C(C)(C)CCC1. The highest BCUT2D eigenvalue weighted by Gasteiger charge is 2.26. The second-order valence-electron chi connectivity index (χ2n) is 9.25. The molecule has 2 heteroatoms. The molecule has 1 aliphatic rings. The van der Waals surface area contributed by atoms with Crippen molar-refractivity contribution in [3.63, 3.8) is 0 Å². The number of carboxylic acids is 1. The van der Waals surface area contributed by atoms with Gasteiger partial charge in [0.15, 0.2) is 0 Å². The van der Waals surface area contributed by atoms with Crippen LogP contribution in [-0.2, 0) is 4.79 Å². The molecule has 0 unspecified atom stereocenters. The Balaban J connectivity index is 2.65. The summed E-state index contributed by atoms with van der Waals surface area (Å²) in [5.74, 6) is -0.897. The highest BCUT2D eigenvalue weighted by atomic mass is 16.4. The fourth-order valence-electron chi connectivity index (χ4n) is 3.57. The molecule has 0 aromatic carbocycles. The third-order valence-electron chi connectivity index (χ3n) is 5.65. The van der Waals surface area contributed by atoms with Crippen LogP contribution in [0.4, 0.5) is 0 Å². The van der Waals surface area contributed by atoms with Crippen LogP contribution in [0.2, 0.25) is 0 Å². The summed E-state index contributed by atoms with van der Waals surface area (Å²) >= 11 is 0. The Kier molecular flexibility index (Phi) is 11.5. The third-order valence-corrected chi connectivity index (χ3v) is 5.65. The van der Waals surface area contributed by atoms with E-state index in [9.17, 15) is 4.79 Å². The number of aliphatic carboxylic acids is 1. The second-order valence-corrected chi connectivity index (χ2v) is 9.25. The van der Waals surface area contributed by atoms with Crippen molar-refractivity contribution >= 4 is 5.97 Å². The van der Waals surface area contributed by atoms with Gasteiger partial charge in [-0.3, -0.25) is 0 Å². The molecule has 0 heterocycles. The number of hydrogen-bond donors (Lipinski definition) is 1. The Hall–Kier alpha value is -2.87. The minimum atomic E-state index is -0.897. The van der Waals surface area contributed by atoms with Gasteiger partial charge >= 0.3 is 5.97 Å². The summed E-state index contributed by atoms with van der Waals surface area (Å²) in [5.41, 5.74) is 7.07. The van der Waals surface area contributed by atoms with E-state index in [4.69, 9.17) is 5.11 Å². The fourth-order valence-corrected chi connectivity index (χ4v) is 3.57. The van der Waals surface area contributed by atoms with E-state index in [1.807, 2.05) is 31.2 Å². The van der Waals surface area contributed by atoms with E-state index in [0.717, 1.165) is 5.57 Å². The van der Waals surface area contributed by atoms with Gasteiger partial charge in [-0.2, -0.15) is 0 Å². The van der Waals surface area contributed by atoms with Gasteiger partial charge in [-0.25, -0.2) is 4.79 Å². The van der Waals surface area contributed by atoms with Gasteiger partial charge in [0, 0.05) is 5.57 Å². The molecule has 0 spiro atoms. The first-order chi connectivity index (χ1) is 15.0. The Morgan fingerprint density at radius 2 is 1.31 bits per heavy atom. The number of rotatable bonds is 9. The lowest BCUT2D eigenvalue weighted by atomic mass is 9.72. The monoisotopic (exact) mass is 432 g/mol. The van der Waals surface area contributed by atoms with Crippen LogP contribution in [0.25, 0.3) is 0 Å². The Morgan fingerprint density at radius 1 is 0.812 bits per heavy atom. The average molecular weight is 433 g/mol. The number of hydrogen-bond acceptors (Lipinski definition) is 1. The number of carboxylic acid groups (broad SMARTS) is 1. The van der Waals surface area contributed by atoms with Crippen molar-refractivity contribution in [2.45, 2.75) is 67.7 Å². The minimum absolute atomic E-state index is 0.275. The largest absolute Gasteiger partial charge is 0.478 e. The lowest BCUT2D eigenvalue weighted by molar-refractivity contribution is -0.132. The highest BCUT2D eigenvalue weighted by molar-refractivity contribution is 5.86. The number of allylic oxidation sites excluding steroid dienone is 17. The minimum Gasteiger partial charge on any atom is -0.478 e. The molecule has 1 rings (SSSR count). The summed E-state index contributed by atoms with van der Waals surface area (Å²) < 4.78 is 0. The zero-order valence-corrected chi connectivity index (χ0v) is 20.9. The standard InChI is InChI=1S/C30H40O2/c1-23(13-8-9-14-24(2)17-11-18-27(5)29(31)32)15-10-16-25(3)20-21-28-26(4)19-12-22-30(28,6)7/h8-11,13-18,20-21H,12,19,22H2,1-7H3,(H,31,32)/b9-8+,15-10+,17-11+,21-20+,23-13+,24-14-,25-16+,27-18+. The Morgan fingerprint density at radius 3 is 1.84 bits per heavy atom. The van der Waals surface area contributed by atoms with Gasteiger partial charge in [0.1, 0.15) is 0 Å². The molecule has 0 bridgehead atoms. The fraction of sp³-hybridized carbons (Fsp3) is 0.367. The molecule has 2 nitrogen and oxygen atoms in total. The van der Waals surface area contributed by atoms with Gasteiger partial charge < -0.3 is 5.11 Å². The lowest BCUT2D eigenvalue weighted by Crippen LogP contribution is -2.19. The quantitative estimate of drug-likeness (QED) is 0.292. The van der Waals surface area contributed by atoms with Gasteiger partial charge in [-0.1, -0.05) is 109 Å². The van der Waals surface area contributed by atoms with Gasteiger partial charge in [-0.05, 0) is 64.9 Å². The Bertz CT molecular complexity index is 935. The first-order valence-electron chi connectivity index (χ1n) is 11.4. The molecule has 0 saturated heterocycles. The van der Waals surface area contributed by atoms with Crippen LogP contribution in [-0.4, -0.2) is 11.1 Å². The molecule has 0 radical (unpaired) electrons. The maximum atomic E-state index is 10.7. The topological polar surface area (TPSA) is 37.3 Å². The van der Waals surface area contributed by atoms with Crippen molar-refractivity contribution in [2.75, 3.05) is 0 Å². The van der Waals surface area contributed by atoms with Gasteiger partial charge in [0.25, 0.3) is 0 Å². The van der Waals surface area contributed by atoms with Gasteiger partial charge in [-0.15, -0.1) is 0 Å². The molecule has 172 valence electrons. The molecular formula is C30H40O2. The van der Waals surface area contributed by atoms with E-state index in [0.29, 0.717) is 5.57 Å². The smallest absolute Gasteiger partial charge is 0.331 e. The second kappa shape index (κ2) is 13.5. The molecule has 0 aromatic heterocycles. The van der Waals surface area contributed by atoms with E-state index in [1.165, 1.54) is 41.6 Å². The normalized spacial score (nSPS) is 19.3. The average Bonchev–Trinajstić information content (AvgIpc) is 2.70. The molecule has 0 atom stereocenters. The van der Waals surface area contributed by atoms with Gasteiger partial charge in [0.05, 0.1) is 0 Å². The maximum absolute atomic E-state index is 10.7. The molecule has 1 aliphatic carbocycles. The van der Waals surface area contributed by atoms with Crippen LogP contribution in [0.3, 0.4) is 0 Å². The van der Waals surface area contributed by atoms with Crippen molar-refractivity contribution in [1.29, 1.82) is 0 Å². The third kappa shape index (κ3) is 10.4. The van der Waals surface area contributed by atoms with Crippen LogP contribution in [0, 0.1) is 5.41 Å². The van der Waals surface area contributed by atoms with Crippen molar-refractivity contribution in [1.82, 2.24) is 0 Å². The van der Waals surface area contributed by atoms with Crippen LogP contribution >= 0.6 is 0 Å². The van der Waals surface area contributed by atoms with Crippen LogP contribution in [0.1, 0.15) is 67.7 Å². The molecule has 0 aromatic rings. The number of carbonyl (C=O) groups is 1. The molecule has 32 heavy (non-hydrogen) atoms. The highest BCUT2D eigenvalue weighted by Crippen LogP contribution is 2.40. The van der Waals surface area contributed by atoms with E-state index >= 15 is 0 Å². The van der Waals surface area contributed by atoms with Crippen LogP contribution < -0.4 is 0 Å². The predicted octanol–water partition coefficient (Wildman–Crippen LogP) is 8.61. The van der Waals surface area contributed by atoms with Crippen LogP contribution in [0.15, 0.2) is 106 Å². The summed E-state index contributed by atoms with van der Waals surface area (Å²) in [6, 6.07) is 0. The van der Waals surface area contributed by atoms with Crippen LogP contribution in [0.5, 0.6) is 0 Å². The molecular weight excluding hydrogens is 392 g/mol. The molecule has 1 N–H and O–H groups in total. The van der Waals surface area contributed by atoms with Gasteiger partial charge in [0.2, 0.25) is 0 Å².